The summed E-state index contributed by atoms with van der Waals surface area (Å²) in [6.45, 7) is 0.496. The van der Waals surface area contributed by atoms with Crippen molar-refractivity contribution in [3.8, 4) is 5.69 Å². The fraction of sp³-hybridized carbons (Fsp3) is 0.0909. The van der Waals surface area contributed by atoms with E-state index in [1.165, 1.54) is 0 Å². The molecule has 0 aliphatic heterocycles. The molecular formula is C11H12N8. The number of anilines is 2. The van der Waals surface area contributed by atoms with Crippen molar-refractivity contribution in [3.05, 3.63) is 42.1 Å². The van der Waals surface area contributed by atoms with Crippen LogP contribution >= 0.6 is 0 Å². The van der Waals surface area contributed by atoms with Crippen LogP contribution in [-0.4, -0.2) is 30.4 Å². The quantitative estimate of drug-likeness (QED) is 0.629. The highest BCUT2D eigenvalue weighted by molar-refractivity contribution is 5.42. The van der Waals surface area contributed by atoms with E-state index in [4.69, 9.17) is 5.73 Å². The molecule has 8 heteroatoms. The number of nitrogen functional groups attached to an aromatic ring is 1. The van der Waals surface area contributed by atoms with Crippen LogP contribution in [0.1, 0.15) is 5.56 Å². The van der Waals surface area contributed by atoms with Crippen LogP contribution in [0.25, 0.3) is 5.69 Å². The first kappa shape index (κ1) is 11.2. The van der Waals surface area contributed by atoms with Gasteiger partial charge in [0, 0.05) is 12.1 Å². The molecule has 0 spiro atoms. The lowest BCUT2D eigenvalue weighted by atomic mass is 10.3. The number of aromatic nitrogens is 6. The Labute approximate surface area is 108 Å². The van der Waals surface area contributed by atoms with E-state index in [-0.39, 0.29) is 0 Å². The number of nitrogens with two attached hydrogens (primary N) is 1. The number of rotatable bonds is 4. The van der Waals surface area contributed by atoms with Crippen molar-refractivity contribution < 1.29 is 0 Å². The van der Waals surface area contributed by atoms with Gasteiger partial charge in [0.25, 0.3) is 0 Å². The van der Waals surface area contributed by atoms with Crippen molar-refractivity contribution in [1.29, 1.82) is 0 Å². The SMILES string of the molecule is Nc1[nH]ncc1CNc1nnnn1-c1ccccc1. The van der Waals surface area contributed by atoms with Crippen LogP contribution in [0.5, 0.6) is 0 Å². The Hall–Kier alpha value is -2.90. The summed E-state index contributed by atoms with van der Waals surface area (Å²) >= 11 is 0. The largest absolute Gasteiger partial charge is 0.384 e. The van der Waals surface area contributed by atoms with E-state index in [9.17, 15) is 0 Å². The molecule has 2 heterocycles. The second kappa shape index (κ2) is 4.77. The molecule has 0 unspecified atom stereocenters. The molecule has 8 nitrogen and oxygen atoms in total. The zero-order valence-electron chi connectivity index (χ0n) is 9.98. The Balaban J connectivity index is 1.80. The van der Waals surface area contributed by atoms with Gasteiger partial charge in [0.2, 0.25) is 5.95 Å². The molecular weight excluding hydrogens is 244 g/mol. The molecule has 4 N–H and O–H groups in total. The van der Waals surface area contributed by atoms with Crippen molar-refractivity contribution in [1.82, 2.24) is 30.4 Å². The standard InChI is InChI=1S/C11H12N8/c12-10-8(7-14-15-10)6-13-11-16-17-18-19(11)9-4-2-1-3-5-9/h1-5,7H,6H2,(H3,12,14,15)(H,13,16,18). The number of hydrogen-bond acceptors (Lipinski definition) is 6. The Kier molecular flexibility index (Phi) is 2.81. The molecule has 0 fully saturated rings. The zero-order chi connectivity index (χ0) is 13.1. The summed E-state index contributed by atoms with van der Waals surface area (Å²) in [6.07, 6.45) is 1.67. The average Bonchev–Trinajstić information content (AvgIpc) is 3.06. The van der Waals surface area contributed by atoms with Gasteiger partial charge in [0.1, 0.15) is 5.82 Å². The molecule has 0 amide bonds. The normalized spacial score (nSPS) is 10.5. The summed E-state index contributed by atoms with van der Waals surface area (Å²) in [7, 11) is 0. The summed E-state index contributed by atoms with van der Waals surface area (Å²) in [4.78, 5) is 0. The Morgan fingerprint density at radius 1 is 1.26 bits per heavy atom. The van der Waals surface area contributed by atoms with Gasteiger partial charge in [-0.2, -0.15) is 9.78 Å². The van der Waals surface area contributed by atoms with Gasteiger partial charge >= 0.3 is 0 Å². The van der Waals surface area contributed by atoms with Crippen molar-refractivity contribution >= 4 is 11.8 Å². The third-order valence-corrected chi connectivity index (χ3v) is 2.66. The van der Waals surface area contributed by atoms with Crippen molar-refractivity contribution in [2.75, 3.05) is 11.1 Å². The number of para-hydroxylation sites is 1. The Morgan fingerprint density at radius 3 is 2.84 bits per heavy atom. The molecule has 96 valence electrons. The maximum absolute atomic E-state index is 5.71. The lowest BCUT2D eigenvalue weighted by Crippen LogP contribution is -2.08. The van der Waals surface area contributed by atoms with Crippen LogP contribution in [0.2, 0.25) is 0 Å². The number of aromatic amines is 1. The van der Waals surface area contributed by atoms with Crippen molar-refractivity contribution in [2.45, 2.75) is 6.54 Å². The molecule has 1 aromatic carbocycles. The van der Waals surface area contributed by atoms with Crippen LogP contribution in [0, 0.1) is 0 Å². The molecule has 0 saturated carbocycles. The summed E-state index contributed by atoms with van der Waals surface area (Å²) in [5, 5.41) is 21.2. The minimum Gasteiger partial charge on any atom is -0.384 e. The fourth-order valence-electron chi connectivity index (χ4n) is 1.68. The number of H-pyrrole nitrogens is 1. The second-order valence-corrected chi connectivity index (χ2v) is 3.91. The van der Waals surface area contributed by atoms with Crippen LogP contribution in [-0.2, 0) is 6.54 Å². The number of nitrogens with one attached hydrogen (secondary N) is 2. The fourth-order valence-corrected chi connectivity index (χ4v) is 1.68. The average molecular weight is 256 g/mol. The van der Waals surface area contributed by atoms with Gasteiger partial charge in [-0.25, -0.2) is 0 Å². The molecule has 0 aliphatic carbocycles. The third kappa shape index (κ3) is 2.23. The van der Waals surface area contributed by atoms with E-state index < -0.39 is 0 Å². The van der Waals surface area contributed by atoms with Gasteiger partial charge in [0.05, 0.1) is 11.9 Å². The maximum atomic E-state index is 5.71. The maximum Gasteiger partial charge on any atom is 0.248 e. The smallest absolute Gasteiger partial charge is 0.248 e. The number of tetrazole rings is 1. The van der Waals surface area contributed by atoms with Gasteiger partial charge in [-0.15, -0.1) is 0 Å². The predicted molar refractivity (Wildman–Crippen MR) is 69.5 cm³/mol. The van der Waals surface area contributed by atoms with Crippen LogP contribution in [0.15, 0.2) is 36.5 Å². The van der Waals surface area contributed by atoms with E-state index in [1.807, 2.05) is 30.3 Å². The molecule has 0 radical (unpaired) electrons. The predicted octanol–water partition coefficient (Wildman–Crippen LogP) is 0.580. The Bertz CT molecular complexity index is 656. The summed E-state index contributed by atoms with van der Waals surface area (Å²) < 4.78 is 1.62. The second-order valence-electron chi connectivity index (χ2n) is 3.91. The van der Waals surface area contributed by atoms with E-state index in [0.717, 1.165) is 11.3 Å². The topological polar surface area (TPSA) is 110 Å². The molecule has 0 atom stereocenters. The van der Waals surface area contributed by atoms with E-state index >= 15 is 0 Å². The summed E-state index contributed by atoms with van der Waals surface area (Å²) in [5.74, 6) is 1.08. The van der Waals surface area contributed by atoms with Crippen molar-refractivity contribution in [2.24, 2.45) is 0 Å². The van der Waals surface area contributed by atoms with Crippen LogP contribution in [0.4, 0.5) is 11.8 Å². The molecule has 0 bridgehead atoms. The highest BCUT2D eigenvalue weighted by Gasteiger charge is 2.08. The van der Waals surface area contributed by atoms with E-state index in [2.05, 4.69) is 31.0 Å². The van der Waals surface area contributed by atoms with E-state index in [0.29, 0.717) is 18.3 Å². The summed E-state index contributed by atoms with van der Waals surface area (Å²) in [6, 6.07) is 9.64. The van der Waals surface area contributed by atoms with Crippen LogP contribution < -0.4 is 11.1 Å². The molecule has 3 rings (SSSR count). The van der Waals surface area contributed by atoms with Crippen LogP contribution in [0.3, 0.4) is 0 Å². The molecule has 0 saturated heterocycles. The number of benzene rings is 1. The molecule has 0 aliphatic rings. The first-order valence-electron chi connectivity index (χ1n) is 5.70. The highest BCUT2D eigenvalue weighted by atomic mass is 15.6. The van der Waals surface area contributed by atoms with Gasteiger partial charge < -0.3 is 11.1 Å². The zero-order valence-corrected chi connectivity index (χ0v) is 9.98. The van der Waals surface area contributed by atoms with Gasteiger partial charge in [-0.1, -0.05) is 23.3 Å². The molecule has 2 aromatic heterocycles. The van der Waals surface area contributed by atoms with Crippen molar-refractivity contribution in [3.63, 3.8) is 0 Å². The minimum absolute atomic E-state index is 0.496. The molecule has 3 aromatic rings. The van der Waals surface area contributed by atoms with Gasteiger partial charge in [-0.05, 0) is 22.6 Å². The third-order valence-electron chi connectivity index (χ3n) is 2.66. The lowest BCUT2D eigenvalue weighted by Gasteiger charge is -2.06. The Morgan fingerprint density at radius 2 is 2.11 bits per heavy atom. The molecule has 19 heavy (non-hydrogen) atoms. The lowest BCUT2D eigenvalue weighted by molar-refractivity contribution is 0.789. The highest BCUT2D eigenvalue weighted by Crippen LogP contribution is 2.13. The van der Waals surface area contributed by atoms with Gasteiger partial charge in [-0.3, -0.25) is 5.10 Å². The number of nitrogens with zero attached hydrogens (tertiary/aromatic N) is 5. The van der Waals surface area contributed by atoms with E-state index in [1.54, 1.807) is 10.9 Å². The van der Waals surface area contributed by atoms with Gasteiger partial charge in [0.15, 0.2) is 0 Å². The minimum atomic E-state index is 0.496. The first-order valence-corrected chi connectivity index (χ1v) is 5.70. The summed E-state index contributed by atoms with van der Waals surface area (Å²) in [5.41, 5.74) is 7.46. The monoisotopic (exact) mass is 256 g/mol. The number of hydrogen-bond donors (Lipinski definition) is 3. The first-order chi connectivity index (χ1) is 9.34.